The second kappa shape index (κ2) is 4.63. The number of nitrogens with zero attached hydrogens (tertiary/aromatic N) is 2. The first-order valence-corrected chi connectivity index (χ1v) is 6.98. The highest BCUT2D eigenvalue weighted by molar-refractivity contribution is 4.92. The number of likely N-dealkylation sites (tertiary alicyclic amines) is 1. The third-order valence-electron chi connectivity index (χ3n) is 4.80. The van der Waals surface area contributed by atoms with E-state index in [2.05, 4.69) is 22.2 Å². The minimum Gasteiger partial charge on any atom is -0.311 e. The second-order valence-electron chi connectivity index (χ2n) is 5.99. The highest BCUT2D eigenvalue weighted by atomic mass is 15.2. The van der Waals surface area contributed by atoms with Gasteiger partial charge in [-0.05, 0) is 64.8 Å². The lowest BCUT2D eigenvalue weighted by Gasteiger charge is -2.37. The maximum atomic E-state index is 3.95. The van der Waals surface area contributed by atoms with Crippen molar-refractivity contribution in [2.24, 2.45) is 5.92 Å². The van der Waals surface area contributed by atoms with Crippen LogP contribution in [0.5, 0.6) is 0 Å². The van der Waals surface area contributed by atoms with Crippen LogP contribution in [0.4, 0.5) is 0 Å². The van der Waals surface area contributed by atoms with Gasteiger partial charge in [0.2, 0.25) is 0 Å². The van der Waals surface area contributed by atoms with Crippen molar-refractivity contribution in [2.45, 2.75) is 37.8 Å². The highest BCUT2D eigenvalue weighted by Gasteiger charge is 2.35. The number of piperidine rings is 2. The van der Waals surface area contributed by atoms with Crippen LogP contribution in [-0.2, 0) is 0 Å². The van der Waals surface area contributed by atoms with Crippen molar-refractivity contribution in [3.05, 3.63) is 0 Å². The van der Waals surface area contributed by atoms with Gasteiger partial charge in [0.1, 0.15) is 0 Å². The molecule has 3 saturated heterocycles. The third-order valence-corrected chi connectivity index (χ3v) is 4.80. The predicted molar refractivity (Wildman–Crippen MR) is 66.6 cm³/mol. The number of nitrogens with one attached hydrogen (secondary N) is 1. The number of hydrogen-bond donors (Lipinski definition) is 1. The Morgan fingerprint density at radius 3 is 2.50 bits per heavy atom. The summed E-state index contributed by atoms with van der Waals surface area (Å²) in [7, 11) is 2.24. The van der Waals surface area contributed by atoms with Gasteiger partial charge < -0.3 is 15.1 Å². The maximum Gasteiger partial charge on any atom is 0.0123 e. The molecule has 0 aliphatic carbocycles. The van der Waals surface area contributed by atoms with Crippen molar-refractivity contribution < 1.29 is 0 Å². The smallest absolute Gasteiger partial charge is 0.0123 e. The molecule has 2 bridgehead atoms. The van der Waals surface area contributed by atoms with Gasteiger partial charge in [0.05, 0.1) is 0 Å². The molecule has 0 aromatic carbocycles. The minimum atomic E-state index is 0.799. The van der Waals surface area contributed by atoms with Crippen molar-refractivity contribution in [1.29, 1.82) is 0 Å². The van der Waals surface area contributed by atoms with E-state index >= 15 is 0 Å². The zero-order chi connectivity index (χ0) is 11.0. The maximum absolute atomic E-state index is 3.95. The summed E-state index contributed by atoms with van der Waals surface area (Å²) in [6, 6.07) is 1.63. The summed E-state index contributed by atoms with van der Waals surface area (Å²) in [5, 5.41) is 3.95. The summed E-state index contributed by atoms with van der Waals surface area (Å²) in [4.78, 5) is 5.09. The number of rotatable bonds is 2. The van der Waals surface area contributed by atoms with Crippen LogP contribution in [0.15, 0.2) is 0 Å². The molecule has 0 saturated carbocycles. The van der Waals surface area contributed by atoms with E-state index in [0.717, 1.165) is 18.0 Å². The van der Waals surface area contributed by atoms with Gasteiger partial charge in [0, 0.05) is 18.6 Å². The summed E-state index contributed by atoms with van der Waals surface area (Å²) in [6.07, 6.45) is 5.52. The quantitative estimate of drug-likeness (QED) is 0.746. The first-order valence-electron chi connectivity index (χ1n) is 6.98. The SMILES string of the molecule is CN1CCC(NC2CCN3CCC2C3)CC1. The lowest BCUT2D eigenvalue weighted by molar-refractivity contribution is 0.176. The van der Waals surface area contributed by atoms with E-state index in [1.54, 1.807) is 0 Å². The second-order valence-corrected chi connectivity index (χ2v) is 5.99. The normalized spacial score (nSPS) is 41.4. The fraction of sp³-hybridized carbons (Fsp3) is 1.00. The van der Waals surface area contributed by atoms with E-state index in [-0.39, 0.29) is 0 Å². The fourth-order valence-corrected chi connectivity index (χ4v) is 3.65. The molecule has 0 radical (unpaired) electrons. The molecule has 3 aliphatic heterocycles. The topological polar surface area (TPSA) is 18.5 Å². The van der Waals surface area contributed by atoms with Gasteiger partial charge in [-0.25, -0.2) is 0 Å². The molecule has 92 valence electrons. The Morgan fingerprint density at radius 2 is 1.69 bits per heavy atom. The van der Waals surface area contributed by atoms with Crippen LogP contribution in [0.2, 0.25) is 0 Å². The zero-order valence-corrected chi connectivity index (χ0v) is 10.5. The number of fused-ring (bicyclic) bond motifs is 2. The molecule has 3 aliphatic rings. The lowest BCUT2D eigenvalue weighted by Crippen LogP contribution is -2.50. The Labute approximate surface area is 99.2 Å². The average Bonchev–Trinajstić information content (AvgIpc) is 2.69. The van der Waals surface area contributed by atoms with E-state index in [0.29, 0.717) is 0 Å². The van der Waals surface area contributed by atoms with E-state index in [1.807, 2.05) is 0 Å². The Balaban J connectivity index is 1.50. The van der Waals surface area contributed by atoms with Crippen LogP contribution in [0.3, 0.4) is 0 Å². The zero-order valence-electron chi connectivity index (χ0n) is 10.5. The fourth-order valence-electron chi connectivity index (χ4n) is 3.65. The third kappa shape index (κ3) is 2.27. The van der Waals surface area contributed by atoms with Crippen molar-refractivity contribution in [3.63, 3.8) is 0 Å². The molecule has 3 unspecified atom stereocenters. The van der Waals surface area contributed by atoms with Gasteiger partial charge in [0.15, 0.2) is 0 Å². The van der Waals surface area contributed by atoms with Crippen LogP contribution in [0.25, 0.3) is 0 Å². The van der Waals surface area contributed by atoms with E-state index in [1.165, 1.54) is 58.4 Å². The van der Waals surface area contributed by atoms with Crippen molar-refractivity contribution in [1.82, 2.24) is 15.1 Å². The molecule has 3 fully saturated rings. The summed E-state index contributed by atoms with van der Waals surface area (Å²) >= 11 is 0. The minimum absolute atomic E-state index is 0.799. The highest BCUT2D eigenvalue weighted by Crippen LogP contribution is 2.28. The molecule has 0 spiro atoms. The first-order chi connectivity index (χ1) is 7.81. The van der Waals surface area contributed by atoms with Gasteiger partial charge in [-0.2, -0.15) is 0 Å². The van der Waals surface area contributed by atoms with Crippen LogP contribution in [-0.4, -0.2) is 61.7 Å². The molecule has 3 heterocycles. The summed E-state index contributed by atoms with van der Waals surface area (Å²) in [5.74, 6) is 0.952. The summed E-state index contributed by atoms with van der Waals surface area (Å²) in [6.45, 7) is 6.61. The van der Waals surface area contributed by atoms with Crippen LogP contribution >= 0.6 is 0 Å². The van der Waals surface area contributed by atoms with Gasteiger partial charge in [-0.15, -0.1) is 0 Å². The Kier molecular flexibility index (Phi) is 3.18. The molecule has 1 N–H and O–H groups in total. The van der Waals surface area contributed by atoms with Crippen molar-refractivity contribution >= 4 is 0 Å². The lowest BCUT2D eigenvalue weighted by atomic mass is 9.92. The van der Waals surface area contributed by atoms with Gasteiger partial charge in [0.25, 0.3) is 0 Å². The molecule has 3 nitrogen and oxygen atoms in total. The molecule has 3 heteroatoms. The molecule has 0 aromatic rings. The molecule has 3 rings (SSSR count). The summed E-state index contributed by atoms with van der Waals surface area (Å²) < 4.78 is 0. The predicted octanol–water partition coefficient (Wildman–Crippen LogP) is 0.764. The molecular weight excluding hydrogens is 198 g/mol. The molecule has 0 aromatic heterocycles. The Morgan fingerprint density at radius 1 is 0.938 bits per heavy atom. The van der Waals surface area contributed by atoms with E-state index < -0.39 is 0 Å². The largest absolute Gasteiger partial charge is 0.311 e. The van der Waals surface area contributed by atoms with Gasteiger partial charge in [-0.1, -0.05) is 0 Å². The van der Waals surface area contributed by atoms with Crippen LogP contribution in [0.1, 0.15) is 25.7 Å². The van der Waals surface area contributed by atoms with E-state index in [4.69, 9.17) is 0 Å². The van der Waals surface area contributed by atoms with Crippen molar-refractivity contribution in [3.8, 4) is 0 Å². The van der Waals surface area contributed by atoms with Crippen LogP contribution < -0.4 is 5.32 Å². The average molecular weight is 223 g/mol. The monoisotopic (exact) mass is 223 g/mol. The first kappa shape index (κ1) is 11.0. The van der Waals surface area contributed by atoms with Crippen molar-refractivity contribution in [2.75, 3.05) is 39.8 Å². The Hall–Kier alpha value is -0.120. The molecule has 16 heavy (non-hydrogen) atoms. The van der Waals surface area contributed by atoms with Gasteiger partial charge >= 0.3 is 0 Å². The van der Waals surface area contributed by atoms with Crippen LogP contribution in [0, 0.1) is 5.92 Å². The molecule has 3 atom stereocenters. The molecular formula is C13H25N3. The molecule has 0 amide bonds. The van der Waals surface area contributed by atoms with Gasteiger partial charge in [-0.3, -0.25) is 0 Å². The number of hydrogen-bond acceptors (Lipinski definition) is 3. The van der Waals surface area contributed by atoms with E-state index in [9.17, 15) is 0 Å². The standard InChI is InChI=1S/C13H25N3/c1-15-6-3-12(4-7-15)14-13-5-9-16-8-2-11(13)10-16/h11-14H,2-10H2,1H3. The Bertz CT molecular complexity index is 235. The summed E-state index contributed by atoms with van der Waals surface area (Å²) in [5.41, 5.74) is 0.